The van der Waals surface area contributed by atoms with E-state index < -0.39 is 0 Å². The van der Waals surface area contributed by atoms with Gasteiger partial charge in [0.1, 0.15) is 0 Å². The summed E-state index contributed by atoms with van der Waals surface area (Å²) < 4.78 is 15.7. The smallest absolute Gasteiger partial charge is 0.344 e. The van der Waals surface area contributed by atoms with E-state index in [0.717, 1.165) is 18.4 Å². The zero-order chi connectivity index (χ0) is 14.8. The van der Waals surface area contributed by atoms with Crippen LogP contribution in [0.15, 0.2) is 30.4 Å². The van der Waals surface area contributed by atoms with Crippen LogP contribution in [0.25, 0.3) is 0 Å². The van der Waals surface area contributed by atoms with E-state index in [4.69, 9.17) is 14.2 Å². The molecule has 0 radical (unpaired) electrons. The molecule has 4 heteroatoms. The number of hydrogen-bond acceptors (Lipinski definition) is 4. The van der Waals surface area contributed by atoms with Crippen LogP contribution >= 0.6 is 0 Å². The van der Waals surface area contributed by atoms with Crippen molar-refractivity contribution in [3.05, 3.63) is 35.9 Å². The number of methoxy groups -OCH3 is 1. The van der Waals surface area contributed by atoms with Gasteiger partial charge < -0.3 is 14.2 Å². The van der Waals surface area contributed by atoms with Gasteiger partial charge in [0.15, 0.2) is 18.1 Å². The predicted molar refractivity (Wildman–Crippen MR) is 78.2 cm³/mol. The van der Waals surface area contributed by atoms with Crippen molar-refractivity contribution in [2.75, 3.05) is 20.3 Å². The number of ether oxygens (including phenoxy) is 3. The van der Waals surface area contributed by atoms with Gasteiger partial charge in [-0.3, -0.25) is 0 Å². The van der Waals surface area contributed by atoms with Crippen molar-refractivity contribution in [3.63, 3.8) is 0 Å². The van der Waals surface area contributed by atoms with E-state index in [1.165, 1.54) is 0 Å². The second-order valence-electron chi connectivity index (χ2n) is 4.33. The Balaban J connectivity index is 2.35. The van der Waals surface area contributed by atoms with Gasteiger partial charge in [-0.1, -0.05) is 25.1 Å². The summed E-state index contributed by atoms with van der Waals surface area (Å²) in [6.07, 6.45) is 5.76. The summed E-state index contributed by atoms with van der Waals surface area (Å²) in [6, 6.07) is 5.54. The molecule has 4 nitrogen and oxygen atoms in total. The largest absolute Gasteiger partial charge is 0.493 e. The van der Waals surface area contributed by atoms with Crippen LogP contribution in [0, 0.1) is 6.92 Å². The molecule has 0 saturated carbocycles. The molecule has 0 bridgehead atoms. The van der Waals surface area contributed by atoms with Crippen molar-refractivity contribution in [2.24, 2.45) is 0 Å². The van der Waals surface area contributed by atoms with E-state index in [-0.39, 0.29) is 12.6 Å². The first-order valence-electron chi connectivity index (χ1n) is 6.75. The topological polar surface area (TPSA) is 44.8 Å². The Labute approximate surface area is 120 Å². The van der Waals surface area contributed by atoms with Crippen molar-refractivity contribution < 1.29 is 19.0 Å². The van der Waals surface area contributed by atoms with Crippen LogP contribution in [0.4, 0.5) is 0 Å². The summed E-state index contributed by atoms with van der Waals surface area (Å²) in [7, 11) is 1.57. The normalized spacial score (nSPS) is 10.6. The molecular formula is C16H22O4. The van der Waals surface area contributed by atoms with Crippen LogP contribution in [-0.4, -0.2) is 26.3 Å². The highest BCUT2D eigenvalue weighted by Gasteiger charge is 2.08. The van der Waals surface area contributed by atoms with Crippen LogP contribution in [0.2, 0.25) is 0 Å². The van der Waals surface area contributed by atoms with E-state index in [1.807, 2.05) is 31.2 Å². The summed E-state index contributed by atoms with van der Waals surface area (Å²) in [5, 5.41) is 0. The maximum Gasteiger partial charge on any atom is 0.344 e. The molecule has 1 rings (SSSR count). The molecule has 0 amide bonds. The second kappa shape index (κ2) is 9.02. The zero-order valence-corrected chi connectivity index (χ0v) is 12.3. The number of aryl methyl sites for hydroxylation is 1. The lowest BCUT2D eigenvalue weighted by Crippen LogP contribution is -2.15. The third-order valence-corrected chi connectivity index (χ3v) is 2.61. The monoisotopic (exact) mass is 278 g/mol. The molecule has 0 N–H and O–H groups in total. The molecule has 0 aliphatic rings. The van der Waals surface area contributed by atoms with Gasteiger partial charge in [-0.2, -0.15) is 0 Å². The third kappa shape index (κ3) is 5.78. The van der Waals surface area contributed by atoms with Crippen LogP contribution < -0.4 is 9.47 Å². The number of hydrogen-bond donors (Lipinski definition) is 0. The molecule has 1 aromatic carbocycles. The highest BCUT2D eigenvalue weighted by molar-refractivity contribution is 5.71. The van der Waals surface area contributed by atoms with Gasteiger partial charge in [-0.15, -0.1) is 0 Å². The number of carbonyl (C=O) groups excluding carboxylic acids is 1. The molecule has 0 aliphatic carbocycles. The van der Waals surface area contributed by atoms with Gasteiger partial charge in [0.05, 0.1) is 13.7 Å². The molecule has 0 spiro atoms. The van der Waals surface area contributed by atoms with Gasteiger partial charge in [0.2, 0.25) is 0 Å². The summed E-state index contributed by atoms with van der Waals surface area (Å²) in [4.78, 5) is 11.5. The molecule has 20 heavy (non-hydrogen) atoms. The van der Waals surface area contributed by atoms with Gasteiger partial charge in [-0.25, -0.2) is 4.79 Å². The van der Waals surface area contributed by atoms with E-state index in [0.29, 0.717) is 18.1 Å². The van der Waals surface area contributed by atoms with Crippen molar-refractivity contribution in [2.45, 2.75) is 26.7 Å². The average Bonchev–Trinajstić information content (AvgIpc) is 2.45. The fraction of sp³-hybridized carbons (Fsp3) is 0.438. The van der Waals surface area contributed by atoms with Crippen LogP contribution in [0.3, 0.4) is 0 Å². The fourth-order valence-corrected chi connectivity index (χ4v) is 1.60. The molecule has 0 aromatic heterocycles. The highest BCUT2D eigenvalue weighted by atomic mass is 16.6. The molecule has 0 saturated heterocycles. The number of rotatable bonds is 8. The summed E-state index contributed by atoms with van der Waals surface area (Å²) >= 11 is 0. The number of allylic oxidation sites excluding steroid dienone is 1. The lowest BCUT2D eigenvalue weighted by molar-refractivity contribution is -0.145. The molecular weight excluding hydrogens is 256 g/mol. The SMILES string of the molecule is CCC=CCCOC(=O)COc1ccc(C)cc1OC. The first kappa shape index (κ1) is 16.1. The standard InChI is InChI=1S/C16H22O4/c1-4-5-6-7-10-19-16(17)12-20-14-9-8-13(2)11-15(14)18-3/h5-6,8-9,11H,4,7,10,12H2,1-3H3. The number of carbonyl (C=O) groups is 1. The Bertz CT molecular complexity index is 452. The quantitative estimate of drug-likeness (QED) is 0.416. The molecule has 0 heterocycles. The molecule has 1 aromatic rings. The Kier molecular flexibility index (Phi) is 7.25. The molecule has 0 fully saturated rings. The summed E-state index contributed by atoms with van der Waals surface area (Å²) in [6.45, 7) is 4.29. The van der Waals surface area contributed by atoms with Crippen LogP contribution in [0.1, 0.15) is 25.3 Å². The fourth-order valence-electron chi connectivity index (χ4n) is 1.60. The van der Waals surface area contributed by atoms with Crippen LogP contribution in [-0.2, 0) is 9.53 Å². The maximum absolute atomic E-state index is 11.5. The van der Waals surface area contributed by atoms with E-state index in [1.54, 1.807) is 13.2 Å². The van der Waals surface area contributed by atoms with Gasteiger partial charge in [0.25, 0.3) is 0 Å². The minimum Gasteiger partial charge on any atom is -0.493 e. The predicted octanol–water partition coefficient (Wildman–Crippen LogP) is 3.28. The first-order chi connectivity index (χ1) is 9.67. The number of benzene rings is 1. The Morgan fingerprint density at radius 3 is 2.75 bits per heavy atom. The molecule has 110 valence electrons. The lowest BCUT2D eigenvalue weighted by Gasteiger charge is -2.10. The maximum atomic E-state index is 11.5. The van der Waals surface area contributed by atoms with Crippen molar-refractivity contribution in [1.82, 2.24) is 0 Å². The lowest BCUT2D eigenvalue weighted by atomic mass is 10.2. The van der Waals surface area contributed by atoms with Crippen molar-refractivity contribution >= 4 is 5.97 Å². The van der Waals surface area contributed by atoms with Crippen LogP contribution in [0.5, 0.6) is 11.5 Å². The summed E-state index contributed by atoms with van der Waals surface area (Å²) in [5.74, 6) is 0.780. The highest BCUT2D eigenvalue weighted by Crippen LogP contribution is 2.27. The van der Waals surface area contributed by atoms with E-state index in [9.17, 15) is 4.79 Å². The first-order valence-corrected chi connectivity index (χ1v) is 6.75. The van der Waals surface area contributed by atoms with Crippen molar-refractivity contribution in [1.29, 1.82) is 0 Å². The molecule has 0 aliphatic heterocycles. The van der Waals surface area contributed by atoms with Gasteiger partial charge in [0, 0.05) is 0 Å². The van der Waals surface area contributed by atoms with Crippen molar-refractivity contribution in [3.8, 4) is 11.5 Å². The minimum absolute atomic E-state index is 0.114. The average molecular weight is 278 g/mol. The van der Waals surface area contributed by atoms with Gasteiger partial charge >= 0.3 is 5.97 Å². The Morgan fingerprint density at radius 2 is 2.05 bits per heavy atom. The number of esters is 1. The molecule has 0 unspecified atom stereocenters. The van der Waals surface area contributed by atoms with E-state index >= 15 is 0 Å². The Morgan fingerprint density at radius 1 is 1.25 bits per heavy atom. The van der Waals surface area contributed by atoms with E-state index in [2.05, 4.69) is 6.92 Å². The Hall–Kier alpha value is -1.97. The van der Waals surface area contributed by atoms with Gasteiger partial charge in [-0.05, 0) is 37.5 Å². The second-order valence-corrected chi connectivity index (χ2v) is 4.33. The summed E-state index contributed by atoms with van der Waals surface area (Å²) in [5.41, 5.74) is 1.07. The third-order valence-electron chi connectivity index (χ3n) is 2.61. The molecule has 0 atom stereocenters. The minimum atomic E-state index is -0.377. The zero-order valence-electron chi connectivity index (χ0n) is 12.3.